The zero-order valence-electron chi connectivity index (χ0n) is 24.0. The second-order valence-corrected chi connectivity index (χ2v) is 13.1. The summed E-state index contributed by atoms with van der Waals surface area (Å²) in [6.45, 7) is 5.58. The molecule has 11 nitrogen and oxygen atoms in total. The Hall–Kier alpha value is -2.99. The lowest BCUT2D eigenvalue weighted by molar-refractivity contribution is -0.195. The zero-order valence-corrected chi connectivity index (χ0v) is 24.0. The number of ether oxygens (including phenoxy) is 1. The molecule has 13 heteroatoms. The van der Waals surface area contributed by atoms with Gasteiger partial charge in [0.05, 0.1) is 5.92 Å². The number of hydrogen-bond donors (Lipinski definition) is 4. The molecule has 3 heterocycles. The van der Waals surface area contributed by atoms with Crippen LogP contribution in [0.25, 0.3) is 0 Å². The van der Waals surface area contributed by atoms with E-state index < -0.39 is 77.8 Å². The van der Waals surface area contributed by atoms with Gasteiger partial charge in [-0.2, -0.15) is 0 Å². The maximum Gasteiger partial charge on any atom is 0.408 e. The topological polar surface area (TPSA) is 160 Å². The second-order valence-electron chi connectivity index (χ2n) is 13.1. The molecule has 2 bridgehead atoms. The summed E-state index contributed by atoms with van der Waals surface area (Å²) in [5, 5.41) is 7.85. The highest BCUT2D eigenvalue weighted by Gasteiger charge is 2.61. The first-order valence-corrected chi connectivity index (χ1v) is 14.7. The molecule has 0 aromatic rings. The van der Waals surface area contributed by atoms with E-state index in [1.54, 1.807) is 20.8 Å². The highest BCUT2D eigenvalue weighted by Crippen LogP contribution is 2.49. The van der Waals surface area contributed by atoms with Gasteiger partial charge in [-0.05, 0) is 65.2 Å². The minimum Gasteiger partial charge on any atom is -0.444 e. The van der Waals surface area contributed by atoms with Gasteiger partial charge in [-0.15, -0.1) is 0 Å². The molecule has 0 aromatic carbocycles. The summed E-state index contributed by atoms with van der Waals surface area (Å²) in [4.78, 5) is 66.2. The number of piperidine rings is 3. The Bertz CT molecular complexity index is 1050. The molecule has 2 aliphatic carbocycles. The van der Waals surface area contributed by atoms with Crippen molar-refractivity contribution in [3.63, 3.8) is 0 Å². The van der Waals surface area contributed by atoms with Crippen molar-refractivity contribution in [3.05, 3.63) is 0 Å². The number of nitrogens with two attached hydrogens (primary N) is 1. The van der Waals surface area contributed by atoms with Gasteiger partial charge in [0.25, 0.3) is 5.92 Å². The van der Waals surface area contributed by atoms with Gasteiger partial charge in [-0.1, -0.05) is 19.3 Å². The quantitative estimate of drug-likeness (QED) is 0.325. The first kappa shape index (κ1) is 31.0. The number of nitrogens with zero attached hydrogens (tertiary/aromatic N) is 1. The molecule has 0 radical (unpaired) electrons. The van der Waals surface area contributed by atoms with Gasteiger partial charge in [0.2, 0.25) is 23.6 Å². The third-order valence-corrected chi connectivity index (χ3v) is 8.82. The molecule has 5 amide bonds. The average molecular weight is 584 g/mol. The van der Waals surface area contributed by atoms with E-state index in [1.165, 1.54) is 4.90 Å². The Kier molecular flexibility index (Phi) is 9.13. The fraction of sp³-hybridized carbons (Fsp3) is 0.821. The highest BCUT2D eigenvalue weighted by atomic mass is 19.3. The Morgan fingerprint density at radius 2 is 1.76 bits per heavy atom. The molecule has 6 atom stereocenters. The van der Waals surface area contributed by atoms with E-state index in [0.29, 0.717) is 32.2 Å². The van der Waals surface area contributed by atoms with Gasteiger partial charge in [-0.25, -0.2) is 13.6 Å². The summed E-state index contributed by atoms with van der Waals surface area (Å²) in [7, 11) is 0. The second kappa shape index (κ2) is 12.1. The molecular formula is C28H43F2N5O6. The number of fused-ring (bicyclic) bond motifs is 3. The maximum absolute atomic E-state index is 15.2. The number of carbonyl (C=O) groups excluding carboxylic acids is 5. The number of alkyl carbamates (subject to hydrolysis) is 1. The molecule has 41 heavy (non-hydrogen) atoms. The van der Waals surface area contributed by atoms with Crippen molar-refractivity contribution < 1.29 is 37.5 Å². The van der Waals surface area contributed by atoms with Crippen LogP contribution in [0.1, 0.15) is 85.0 Å². The monoisotopic (exact) mass is 583 g/mol. The Morgan fingerprint density at radius 1 is 1.05 bits per heavy atom. The minimum atomic E-state index is -3.20. The van der Waals surface area contributed by atoms with Crippen LogP contribution in [-0.4, -0.2) is 76.9 Å². The average Bonchev–Trinajstić information content (AvgIpc) is 2.83. The molecule has 3 saturated heterocycles. The van der Waals surface area contributed by atoms with Crippen LogP contribution in [0.5, 0.6) is 0 Å². The Balaban J connectivity index is 1.57. The largest absolute Gasteiger partial charge is 0.444 e. The SMILES string of the molecule is CC(C)(C)OC(=O)N[C@@H](CC1CCC1)C(=O)N1[C@H]2CC[C@@H]([C@@H]1C(=O)N[C@@H](C[C@@H]1CCCNC1=O)C(N)=O)C(F)(F)C2. The van der Waals surface area contributed by atoms with E-state index in [1.807, 2.05) is 0 Å². The summed E-state index contributed by atoms with van der Waals surface area (Å²) in [6.07, 6.45) is 3.12. The maximum atomic E-state index is 15.2. The molecule has 0 spiro atoms. The van der Waals surface area contributed by atoms with Crippen LogP contribution in [0, 0.1) is 17.8 Å². The van der Waals surface area contributed by atoms with Gasteiger partial charge in [0.15, 0.2) is 0 Å². The zero-order chi connectivity index (χ0) is 30.1. The van der Waals surface area contributed by atoms with Crippen molar-refractivity contribution in [2.75, 3.05) is 6.54 Å². The van der Waals surface area contributed by atoms with Crippen molar-refractivity contribution in [3.8, 4) is 0 Å². The lowest BCUT2D eigenvalue weighted by Crippen LogP contribution is -2.71. The highest BCUT2D eigenvalue weighted by molar-refractivity contribution is 5.94. The lowest BCUT2D eigenvalue weighted by atomic mass is 9.71. The smallest absolute Gasteiger partial charge is 0.408 e. The van der Waals surface area contributed by atoms with Crippen molar-refractivity contribution >= 4 is 29.7 Å². The number of amides is 5. The van der Waals surface area contributed by atoms with Crippen LogP contribution in [0.15, 0.2) is 0 Å². The van der Waals surface area contributed by atoms with Gasteiger partial charge < -0.3 is 31.3 Å². The van der Waals surface area contributed by atoms with E-state index in [0.717, 1.165) is 19.3 Å². The molecule has 2 saturated carbocycles. The van der Waals surface area contributed by atoms with E-state index in [4.69, 9.17) is 10.5 Å². The number of alkyl halides is 2. The first-order chi connectivity index (χ1) is 19.2. The fourth-order valence-corrected chi connectivity index (χ4v) is 6.59. The molecule has 5 rings (SSSR count). The molecule has 230 valence electrons. The van der Waals surface area contributed by atoms with Crippen LogP contribution >= 0.6 is 0 Å². The fourth-order valence-electron chi connectivity index (χ4n) is 6.59. The summed E-state index contributed by atoms with van der Waals surface area (Å²) in [6, 6.07) is -4.81. The Morgan fingerprint density at radius 3 is 2.32 bits per heavy atom. The predicted molar refractivity (Wildman–Crippen MR) is 143 cm³/mol. The van der Waals surface area contributed by atoms with Crippen LogP contribution in [0.2, 0.25) is 0 Å². The molecule has 5 fully saturated rings. The summed E-state index contributed by atoms with van der Waals surface area (Å²) in [5.41, 5.74) is 4.74. The number of hydrogen-bond acceptors (Lipinski definition) is 6. The number of carbonyl (C=O) groups is 5. The normalized spacial score (nSPS) is 29.0. The van der Waals surface area contributed by atoms with E-state index in [2.05, 4.69) is 16.0 Å². The summed E-state index contributed by atoms with van der Waals surface area (Å²) in [5.74, 6) is -7.73. The van der Waals surface area contributed by atoms with Crippen LogP contribution < -0.4 is 21.7 Å². The van der Waals surface area contributed by atoms with Gasteiger partial charge in [0, 0.05) is 24.9 Å². The first-order valence-electron chi connectivity index (χ1n) is 14.7. The van der Waals surface area contributed by atoms with Gasteiger partial charge >= 0.3 is 6.09 Å². The van der Waals surface area contributed by atoms with Crippen LogP contribution in [0.3, 0.4) is 0 Å². The minimum absolute atomic E-state index is 0.0264. The third kappa shape index (κ3) is 7.27. The number of rotatable bonds is 9. The van der Waals surface area contributed by atoms with E-state index >= 15 is 8.78 Å². The third-order valence-electron chi connectivity index (χ3n) is 8.82. The molecular weight excluding hydrogens is 540 g/mol. The van der Waals surface area contributed by atoms with E-state index in [-0.39, 0.29) is 24.7 Å². The van der Waals surface area contributed by atoms with Crippen molar-refractivity contribution in [2.45, 2.75) is 121 Å². The number of halogens is 2. The molecule has 0 aromatic heterocycles. The molecule has 3 aliphatic heterocycles. The summed E-state index contributed by atoms with van der Waals surface area (Å²) >= 11 is 0. The predicted octanol–water partition coefficient (Wildman–Crippen LogP) is 1.97. The summed E-state index contributed by atoms with van der Waals surface area (Å²) < 4.78 is 35.7. The van der Waals surface area contributed by atoms with Crippen molar-refractivity contribution in [1.82, 2.24) is 20.9 Å². The van der Waals surface area contributed by atoms with Crippen LogP contribution in [0.4, 0.5) is 13.6 Å². The molecule has 5 N–H and O–H groups in total. The number of nitrogens with one attached hydrogen (secondary N) is 3. The van der Waals surface area contributed by atoms with Crippen molar-refractivity contribution in [1.29, 1.82) is 0 Å². The standard InChI is InChI=1S/C28H43F2N5O6/c1-27(2,3)41-26(40)34-20(12-15-6-4-7-15)25(39)35-17-9-10-18(28(29,30)14-17)21(35)24(38)33-19(22(31)36)13-16-8-5-11-32-23(16)37/h15-21H,4-14H2,1-3H3,(H2,31,36)(H,32,37)(H,33,38)(H,34,40)/t16-,17-,18-,19-,20-,21+/m0/s1. The lowest BCUT2D eigenvalue weighted by Gasteiger charge is -2.54. The van der Waals surface area contributed by atoms with Gasteiger partial charge in [-0.3, -0.25) is 19.2 Å². The van der Waals surface area contributed by atoms with Crippen LogP contribution in [-0.2, 0) is 23.9 Å². The van der Waals surface area contributed by atoms with E-state index in [9.17, 15) is 24.0 Å². The number of primary amides is 1. The molecule has 5 aliphatic rings. The van der Waals surface area contributed by atoms with Crippen molar-refractivity contribution in [2.24, 2.45) is 23.5 Å². The Labute approximate surface area is 239 Å². The van der Waals surface area contributed by atoms with Gasteiger partial charge in [0.1, 0.15) is 23.7 Å². The molecule has 0 unspecified atom stereocenters.